The van der Waals surface area contributed by atoms with Gasteiger partial charge in [-0.15, -0.1) is 0 Å². The molecule has 8 heteroatoms. The molecule has 1 aromatic heterocycles. The summed E-state index contributed by atoms with van der Waals surface area (Å²) in [6, 6.07) is 0.245. The number of aromatic nitrogens is 2. The smallest absolute Gasteiger partial charge is 0.407 e. The standard InChI is InChI=1S/C15H22Cl2N4O2/c1-15(2,3)23-14(22)19-8-11-5-4-6-21(11)9-10-7-18-13(17)20-12(10)16/h7,11H,4-6,8-9H2,1-3H3,(H,19,22). The molecule has 1 N–H and O–H groups in total. The topological polar surface area (TPSA) is 67.3 Å². The first-order valence-corrected chi connectivity index (χ1v) is 8.38. The first-order valence-electron chi connectivity index (χ1n) is 7.62. The van der Waals surface area contributed by atoms with E-state index in [0.717, 1.165) is 24.9 Å². The first-order chi connectivity index (χ1) is 10.7. The molecule has 1 aliphatic heterocycles. The summed E-state index contributed by atoms with van der Waals surface area (Å²) in [4.78, 5) is 22.0. The third-order valence-corrected chi connectivity index (χ3v) is 4.05. The van der Waals surface area contributed by atoms with E-state index in [-0.39, 0.29) is 11.3 Å². The van der Waals surface area contributed by atoms with Gasteiger partial charge in [0.15, 0.2) is 0 Å². The van der Waals surface area contributed by atoms with Crippen molar-refractivity contribution in [2.24, 2.45) is 0 Å². The maximum atomic E-state index is 11.8. The van der Waals surface area contributed by atoms with E-state index < -0.39 is 11.7 Å². The molecule has 0 aliphatic carbocycles. The molecular formula is C15H22Cl2N4O2. The van der Waals surface area contributed by atoms with Gasteiger partial charge in [0, 0.05) is 30.9 Å². The van der Waals surface area contributed by atoms with Crippen LogP contribution < -0.4 is 5.32 Å². The number of amides is 1. The van der Waals surface area contributed by atoms with Crippen molar-refractivity contribution in [1.82, 2.24) is 20.2 Å². The molecule has 1 saturated heterocycles. The number of rotatable bonds is 4. The molecule has 1 fully saturated rings. The fourth-order valence-electron chi connectivity index (χ4n) is 2.54. The van der Waals surface area contributed by atoms with Crippen LogP contribution in [0.15, 0.2) is 6.20 Å². The number of nitrogens with zero attached hydrogens (tertiary/aromatic N) is 3. The van der Waals surface area contributed by atoms with Crippen molar-refractivity contribution in [1.29, 1.82) is 0 Å². The highest BCUT2D eigenvalue weighted by Crippen LogP contribution is 2.23. The summed E-state index contributed by atoms with van der Waals surface area (Å²) in [5.41, 5.74) is 0.341. The lowest BCUT2D eigenvalue weighted by atomic mass is 10.2. The van der Waals surface area contributed by atoms with E-state index in [1.807, 2.05) is 20.8 Å². The van der Waals surface area contributed by atoms with Crippen LogP contribution in [0.4, 0.5) is 4.79 Å². The van der Waals surface area contributed by atoms with E-state index in [4.69, 9.17) is 27.9 Å². The Morgan fingerprint density at radius 2 is 2.22 bits per heavy atom. The number of likely N-dealkylation sites (tertiary alicyclic amines) is 1. The molecular weight excluding hydrogens is 339 g/mol. The molecule has 23 heavy (non-hydrogen) atoms. The van der Waals surface area contributed by atoms with Crippen LogP contribution in [0.1, 0.15) is 39.2 Å². The zero-order valence-corrected chi connectivity index (χ0v) is 15.1. The molecule has 2 heterocycles. The average Bonchev–Trinajstić information content (AvgIpc) is 2.85. The van der Waals surface area contributed by atoms with E-state index in [1.165, 1.54) is 0 Å². The number of nitrogens with one attached hydrogen (secondary N) is 1. The van der Waals surface area contributed by atoms with Crippen LogP contribution >= 0.6 is 23.2 Å². The fourth-order valence-corrected chi connectivity index (χ4v) is 2.91. The Balaban J connectivity index is 1.89. The number of ether oxygens (including phenoxy) is 1. The molecule has 2 rings (SSSR count). The molecule has 1 atom stereocenters. The zero-order valence-electron chi connectivity index (χ0n) is 13.6. The Hall–Kier alpha value is -1.11. The average molecular weight is 361 g/mol. The van der Waals surface area contributed by atoms with Crippen molar-refractivity contribution in [3.8, 4) is 0 Å². The van der Waals surface area contributed by atoms with Crippen LogP contribution in [0.2, 0.25) is 10.4 Å². The van der Waals surface area contributed by atoms with Crippen LogP contribution in [-0.4, -0.2) is 45.7 Å². The van der Waals surface area contributed by atoms with E-state index in [1.54, 1.807) is 6.20 Å². The molecule has 1 aromatic rings. The van der Waals surface area contributed by atoms with Gasteiger partial charge in [0.1, 0.15) is 10.8 Å². The van der Waals surface area contributed by atoms with Gasteiger partial charge in [-0.05, 0) is 51.8 Å². The number of halogens is 2. The molecule has 0 bridgehead atoms. The molecule has 6 nitrogen and oxygen atoms in total. The second-order valence-corrected chi connectivity index (χ2v) is 7.30. The highest BCUT2D eigenvalue weighted by molar-refractivity contribution is 6.32. The van der Waals surface area contributed by atoms with Crippen molar-refractivity contribution in [3.05, 3.63) is 22.2 Å². The Bertz CT molecular complexity index is 563. The normalized spacial score (nSPS) is 18.9. The Morgan fingerprint density at radius 1 is 1.48 bits per heavy atom. The largest absolute Gasteiger partial charge is 0.444 e. The van der Waals surface area contributed by atoms with Gasteiger partial charge in [-0.25, -0.2) is 14.8 Å². The molecule has 0 saturated carbocycles. The summed E-state index contributed by atoms with van der Waals surface area (Å²) >= 11 is 11.8. The maximum Gasteiger partial charge on any atom is 0.407 e. The van der Waals surface area contributed by atoms with E-state index in [0.29, 0.717) is 18.2 Å². The van der Waals surface area contributed by atoms with E-state index in [9.17, 15) is 4.79 Å². The van der Waals surface area contributed by atoms with Crippen LogP contribution in [-0.2, 0) is 11.3 Å². The predicted molar refractivity (Wildman–Crippen MR) is 89.7 cm³/mol. The molecule has 1 unspecified atom stereocenters. The number of carbonyl (C=O) groups is 1. The summed E-state index contributed by atoms with van der Waals surface area (Å²) in [6.07, 6.45) is 3.35. The molecule has 128 valence electrons. The van der Waals surface area contributed by atoms with Crippen molar-refractivity contribution in [2.75, 3.05) is 13.1 Å². The van der Waals surface area contributed by atoms with Gasteiger partial charge in [0.05, 0.1) is 0 Å². The molecule has 1 amide bonds. The second kappa shape index (κ2) is 7.64. The van der Waals surface area contributed by atoms with Crippen LogP contribution in [0.25, 0.3) is 0 Å². The highest BCUT2D eigenvalue weighted by Gasteiger charge is 2.26. The van der Waals surface area contributed by atoms with Crippen LogP contribution in [0.3, 0.4) is 0 Å². The van der Waals surface area contributed by atoms with Gasteiger partial charge in [-0.2, -0.15) is 0 Å². The van der Waals surface area contributed by atoms with E-state index >= 15 is 0 Å². The Kier molecular flexibility index (Phi) is 6.06. The number of hydrogen-bond donors (Lipinski definition) is 1. The summed E-state index contributed by atoms with van der Waals surface area (Å²) in [5.74, 6) is 0. The highest BCUT2D eigenvalue weighted by atomic mass is 35.5. The molecule has 0 radical (unpaired) electrons. The molecule has 1 aliphatic rings. The summed E-state index contributed by atoms with van der Waals surface area (Å²) in [7, 11) is 0. The number of alkyl carbamates (subject to hydrolysis) is 1. The quantitative estimate of drug-likeness (QED) is 0.659. The zero-order chi connectivity index (χ0) is 17.0. The van der Waals surface area contributed by atoms with Crippen molar-refractivity contribution in [3.63, 3.8) is 0 Å². The monoisotopic (exact) mass is 360 g/mol. The predicted octanol–water partition coefficient (Wildman–Crippen LogP) is 3.27. The SMILES string of the molecule is CC(C)(C)OC(=O)NCC1CCCN1Cc1cnc(Cl)nc1Cl. The van der Waals surface area contributed by atoms with E-state index in [2.05, 4.69) is 20.2 Å². The summed E-state index contributed by atoms with van der Waals surface area (Å²) in [5, 5.41) is 3.35. The van der Waals surface area contributed by atoms with Crippen LogP contribution in [0, 0.1) is 0 Å². The minimum absolute atomic E-state index is 0.142. The van der Waals surface area contributed by atoms with Crippen molar-refractivity contribution in [2.45, 2.75) is 51.8 Å². The Morgan fingerprint density at radius 3 is 2.87 bits per heavy atom. The Labute approximate surface area is 146 Å². The lowest BCUT2D eigenvalue weighted by molar-refractivity contribution is 0.0512. The summed E-state index contributed by atoms with van der Waals surface area (Å²) in [6.45, 7) is 7.65. The third kappa shape index (κ3) is 5.79. The lowest BCUT2D eigenvalue weighted by Gasteiger charge is -2.26. The second-order valence-electron chi connectivity index (χ2n) is 6.60. The van der Waals surface area contributed by atoms with Gasteiger partial charge in [0.2, 0.25) is 5.28 Å². The van der Waals surface area contributed by atoms with Gasteiger partial charge >= 0.3 is 6.09 Å². The number of hydrogen-bond acceptors (Lipinski definition) is 5. The summed E-state index contributed by atoms with van der Waals surface area (Å²) < 4.78 is 5.26. The molecule has 0 aromatic carbocycles. The number of carbonyl (C=O) groups excluding carboxylic acids is 1. The van der Waals surface area contributed by atoms with Gasteiger partial charge in [0.25, 0.3) is 0 Å². The first kappa shape index (κ1) is 18.2. The van der Waals surface area contributed by atoms with Crippen molar-refractivity contribution < 1.29 is 9.53 Å². The molecule has 0 spiro atoms. The van der Waals surface area contributed by atoms with Crippen molar-refractivity contribution >= 4 is 29.3 Å². The minimum atomic E-state index is -0.492. The minimum Gasteiger partial charge on any atom is -0.444 e. The maximum absolute atomic E-state index is 11.8. The van der Waals surface area contributed by atoms with Gasteiger partial charge in [-0.1, -0.05) is 11.6 Å². The lowest BCUT2D eigenvalue weighted by Crippen LogP contribution is -2.41. The third-order valence-electron chi connectivity index (χ3n) is 3.54. The fraction of sp³-hybridized carbons (Fsp3) is 0.667. The van der Waals surface area contributed by atoms with Crippen LogP contribution in [0.5, 0.6) is 0 Å². The van der Waals surface area contributed by atoms with Gasteiger partial charge in [-0.3, -0.25) is 4.90 Å². The van der Waals surface area contributed by atoms with Gasteiger partial charge < -0.3 is 10.1 Å².